The Morgan fingerprint density at radius 1 is 1.42 bits per heavy atom. The van der Waals surface area contributed by atoms with Crippen molar-refractivity contribution in [2.45, 2.75) is 6.04 Å². The highest BCUT2D eigenvalue weighted by molar-refractivity contribution is 7.10. The van der Waals surface area contributed by atoms with Crippen molar-refractivity contribution in [1.29, 1.82) is 0 Å². The van der Waals surface area contributed by atoms with Gasteiger partial charge in [-0.1, -0.05) is 6.07 Å². The first kappa shape index (κ1) is 16.9. The summed E-state index contributed by atoms with van der Waals surface area (Å²) in [5, 5.41) is 5.09. The molecule has 1 amide bonds. The maximum atomic E-state index is 12.4. The minimum absolute atomic E-state index is 0.125. The van der Waals surface area contributed by atoms with Crippen molar-refractivity contribution in [2.24, 2.45) is 0 Å². The zero-order valence-electron chi connectivity index (χ0n) is 13.6. The molecular formula is C17H21N3O3S. The number of methoxy groups -OCH3 is 1. The molecule has 0 spiro atoms. The fourth-order valence-electron chi connectivity index (χ4n) is 2.71. The molecule has 24 heavy (non-hydrogen) atoms. The van der Waals surface area contributed by atoms with Crippen molar-refractivity contribution in [3.63, 3.8) is 0 Å². The predicted octanol–water partition coefficient (Wildman–Crippen LogP) is 1.95. The Labute approximate surface area is 145 Å². The molecule has 0 radical (unpaired) electrons. The van der Waals surface area contributed by atoms with Gasteiger partial charge in [-0.2, -0.15) is 0 Å². The van der Waals surface area contributed by atoms with Crippen molar-refractivity contribution in [3.8, 4) is 5.88 Å². The van der Waals surface area contributed by atoms with Crippen molar-refractivity contribution < 1.29 is 14.3 Å². The number of nitrogens with one attached hydrogen (secondary N) is 1. The van der Waals surface area contributed by atoms with Crippen molar-refractivity contribution in [2.75, 3.05) is 40.0 Å². The molecule has 0 unspecified atom stereocenters. The molecule has 2 aromatic rings. The van der Waals surface area contributed by atoms with E-state index in [9.17, 15) is 4.79 Å². The zero-order chi connectivity index (χ0) is 16.8. The lowest BCUT2D eigenvalue weighted by Crippen LogP contribution is -2.43. The van der Waals surface area contributed by atoms with Gasteiger partial charge in [-0.3, -0.25) is 9.69 Å². The second-order valence-electron chi connectivity index (χ2n) is 5.48. The van der Waals surface area contributed by atoms with Crippen LogP contribution in [0.15, 0.2) is 35.8 Å². The summed E-state index contributed by atoms with van der Waals surface area (Å²) >= 11 is 1.71. The number of carbonyl (C=O) groups is 1. The van der Waals surface area contributed by atoms with Crippen LogP contribution >= 0.6 is 11.3 Å². The lowest BCUT2D eigenvalue weighted by molar-refractivity contribution is 0.0169. The monoisotopic (exact) mass is 347 g/mol. The molecule has 7 heteroatoms. The van der Waals surface area contributed by atoms with Crippen LogP contribution in [0.5, 0.6) is 5.88 Å². The number of hydrogen-bond donors (Lipinski definition) is 1. The molecule has 1 saturated heterocycles. The van der Waals surface area contributed by atoms with Crippen molar-refractivity contribution >= 4 is 17.2 Å². The third-order valence-electron chi connectivity index (χ3n) is 4.02. The predicted molar refractivity (Wildman–Crippen MR) is 92.6 cm³/mol. The summed E-state index contributed by atoms with van der Waals surface area (Å²) in [7, 11) is 1.55. The number of morpholine rings is 1. The van der Waals surface area contributed by atoms with Crippen LogP contribution in [-0.4, -0.2) is 55.7 Å². The van der Waals surface area contributed by atoms with Crippen LogP contribution in [0.3, 0.4) is 0 Å². The van der Waals surface area contributed by atoms with Crippen LogP contribution in [0.2, 0.25) is 0 Å². The van der Waals surface area contributed by atoms with Crippen LogP contribution < -0.4 is 10.1 Å². The number of carbonyl (C=O) groups excluding carboxylic acids is 1. The van der Waals surface area contributed by atoms with Gasteiger partial charge in [0.15, 0.2) is 0 Å². The lowest BCUT2D eigenvalue weighted by atomic mass is 10.1. The second kappa shape index (κ2) is 8.23. The number of rotatable bonds is 6. The van der Waals surface area contributed by atoms with E-state index in [2.05, 4.69) is 26.6 Å². The summed E-state index contributed by atoms with van der Waals surface area (Å²) < 4.78 is 10.5. The largest absolute Gasteiger partial charge is 0.481 e. The third kappa shape index (κ3) is 4.11. The van der Waals surface area contributed by atoms with Crippen LogP contribution in [0.25, 0.3) is 0 Å². The molecule has 0 bridgehead atoms. The second-order valence-corrected chi connectivity index (χ2v) is 6.46. The van der Waals surface area contributed by atoms with Gasteiger partial charge in [0.25, 0.3) is 5.91 Å². The van der Waals surface area contributed by atoms with E-state index in [1.807, 2.05) is 6.07 Å². The molecule has 1 fully saturated rings. The number of aromatic nitrogens is 1. The van der Waals surface area contributed by atoms with Crippen LogP contribution in [-0.2, 0) is 4.74 Å². The Morgan fingerprint density at radius 3 is 2.88 bits per heavy atom. The molecule has 1 aliphatic heterocycles. The summed E-state index contributed by atoms with van der Waals surface area (Å²) in [5.74, 6) is 0.372. The molecule has 0 aromatic carbocycles. The van der Waals surface area contributed by atoms with Gasteiger partial charge in [0.1, 0.15) is 0 Å². The quantitative estimate of drug-likeness (QED) is 0.865. The van der Waals surface area contributed by atoms with Gasteiger partial charge in [0.05, 0.1) is 31.9 Å². The minimum atomic E-state index is -0.125. The first-order valence-corrected chi connectivity index (χ1v) is 8.79. The third-order valence-corrected chi connectivity index (χ3v) is 5.00. The average Bonchev–Trinajstić information content (AvgIpc) is 3.17. The standard InChI is InChI=1S/C17H21N3O3S/c1-22-16-5-4-13(11-18-16)17(21)19-12-14(15-3-2-10-24-15)20-6-8-23-9-7-20/h2-5,10-11,14H,6-9,12H2,1H3,(H,19,21)/t14-/m1/s1. The molecule has 6 nitrogen and oxygen atoms in total. The van der Waals surface area contributed by atoms with Crippen molar-refractivity contribution in [3.05, 3.63) is 46.3 Å². The summed E-state index contributed by atoms with van der Waals surface area (Å²) in [6, 6.07) is 7.74. The molecule has 2 aromatic heterocycles. The van der Waals surface area contributed by atoms with Crippen LogP contribution in [0.1, 0.15) is 21.3 Å². The van der Waals surface area contributed by atoms with Gasteiger partial charge in [-0.15, -0.1) is 11.3 Å². The smallest absolute Gasteiger partial charge is 0.252 e. The van der Waals surface area contributed by atoms with E-state index in [4.69, 9.17) is 9.47 Å². The highest BCUT2D eigenvalue weighted by Crippen LogP contribution is 2.25. The molecular weight excluding hydrogens is 326 g/mol. The molecule has 1 atom stereocenters. The normalized spacial score (nSPS) is 16.5. The molecule has 1 N–H and O–H groups in total. The van der Waals surface area contributed by atoms with E-state index in [1.54, 1.807) is 30.6 Å². The van der Waals surface area contributed by atoms with E-state index < -0.39 is 0 Å². The number of ether oxygens (including phenoxy) is 2. The SMILES string of the molecule is COc1ccc(C(=O)NC[C@H](c2cccs2)N2CCOCC2)cn1. The summed E-state index contributed by atoms with van der Waals surface area (Å²) in [6.45, 7) is 3.78. The van der Waals surface area contributed by atoms with Gasteiger partial charge < -0.3 is 14.8 Å². The van der Waals surface area contributed by atoms with Gasteiger partial charge >= 0.3 is 0 Å². The summed E-state index contributed by atoms with van der Waals surface area (Å²) in [6.07, 6.45) is 1.53. The number of thiophene rings is 1. The molecule has 0 saturated carbocycles. The van der Waals surface area contributed by atoms with E-state index in [1.165, 1.54) is 11.1 Å². The molecule has 1 aliphatic rings. The average molecular weight is 347 g/mol. The summed E-state index contributed by atoms with van der Waals surface area (Å²) in [4.78, 5) is 20.1. The van der Waals surface area contributed by atoms with Gasteiger partial charge in [-0.25, -0.2) is 4.98 Å². The van der Waals surface area contributed by atoms with E-state index in [-0.39, 0.29) is 11.9 Å². The fourth-order valence-corrected chi connectivity index (χ4v) is 3.57. The highest BCUT2D eigenvalue weighted by Gasteiger charge is 2.24. The van der Waals surface area contributed by atoms with Crippen LogP contribution in [0, 0.1) is 0 Å². The fraction of sp³-hybridized carbons (Fsp3) is 0.412. The van der Waals surface area contributed by atoms with E-state index in [0.717, 1.165) is 26.3 Å². The van der Waals surface area contributed by atoms with E-state index in [0.29, 0.717) is 18.0 Å². The molecule has 3 heterocycles. The molecule has 3 rings (SSSR count). The lowest BCUT2D eigenvalue weighted by Gasteiger charge is -2.34. The Morgan fingerprint density at radius 2 is 2.25 bits per heavy atom. The minimum Gasteiger partial charge on any atom is -0.481 e. The maximum absolute atomic E-state index is 12.4. The number of nitrogens with zero attached hydrogens (tertiary/aromatic N) is 2. The maximum Gasteiger partial charge on any atom is 0.252 e. The van der Waals surface area contributed by atoms with Crippen LogP contribution in [0.4, 0.5) is 0 Å². The molecule has 0 aliphatic carbocycles. The number of amides is 1. The molecule has 128 valence electrons. The van der Waals surface area contributed by atoms with Gasteiger partial charge in [0, 0.05) is 36.8 Å². The Kier molecular flexibility index (Phi) is 5.79. The Balaban J connectivity index is 1.65. The zero-order valence-corrected chi connectivity index (χ0v) is 14.4. The highest BCUT2D eigenvalue weighted by atomic mass is 32.1. The first-order chi connectivity index (χ1) is 11.8. The first-order valence-electron chi connectivity index (χ1n) is 7.91. The topological polar surface area (TPSA) is 63.7 Å². The Bertz CT molecular complexity index is 640. The Hall–Kier alpha value is -1.96. The van der Waals surface area contributed by atoms with Gasteiger partial charge in [-0.05, 0) is 17.5 Å². The number of hydrogen-bond acceptors (Lipinski definition) is 6. The number of pyridine rings is 1. The van der Waals surface area contributed by atoms with E-state index >= 15 is 0 Å². The summed E-state index contributed by atoms with van der Waals surface area (Å²) in [5.41, 5.74) is 0.530. The van der Waals surface area contributed by atoms with Crippen molar-refractivity contribution in [1.82, 2.24) is 15.2 Å². The van der Waals surface area contributed by atoms with Gasteiger partial charge in [0.2, 0.25) is 5.88 Å².